The fraction of sp³-hybridized carbons (Fsp3) is 0.933. The molecule has 2 aliphatic rings. The molecule has 0 aromatic heterocycles. The molecular formula is C15H28N2O. The lowest BCUT2D eigenvalue weighted by Crippen LogP contribution is -2.46. The zero-order chi connectivity index (χ0) is 13.0. The second-order valence-corrected chi connectivity index (χ2v) is 6.51. The quantitative estimate of drug-likeness (QED) is 0.804. The Morgan fingerprint density at radius 3 is 2.50 bits per heavy atom. The predicted octanol–water partition coefficient (Wildman–Crippen LogP) is 3.25. The van der Waals surface area contributed by atoms with Crippen LogP contribution < -0.4 is 5.32 Å². The fourth-order valence-corrected chi connectivity index (χ4v) is 3.25. The molecule has 18 heavy (non-hydrogen) atoms. The molecule has 0 aromatic carbocycles. The summed E-state index contributed by atoms with van der Waals surface area (Å²) in [6.45, 7) is 7.34. The first kappa shape index (κ1) is 13.7. The normalized spacial score (nSPS) is 33.2. The molecule has 2 rings (SSSR count). The Morgan fingerprint density at radius 2 is 1.83 bits per heavy atom. The van der Waals surface area contributed by atoms with E-state index in [0.29, 0.717) is 11.8 Å². The number of urea groups is 1. The fourth-order valence-electron chi connectivity index (χ4n) is 3.25. The lowest BCUT2D eigenvalue weighted by molar-refractivity contribution is 0.166. The lowest BCUT2D eigenvalue weighted by atomic mass is 9.83. The molecule has 2 fully saturated rings. The molecule has 2 amide bonds. The van der Waals surface area contributed by atoms with Crippen molar-refractivity contribution in [2.75, 3.05) is 19.6 Å². The zero-order valence-electron chi connectivity index (χ0n) is 12.0. The number of likely N-dealkylation sites (tertiary alicyclic amines) is 1. The Hall–Kier alpha value is -0.730. The number of hydrogen-bond acceptors (Lipinski definition) is 1. The summed E-state index contributed by atoms with van der Waals surface area (Å²) in [6.07, 6.45) is 7.68. The molecule has 0 bridgehead atoms. The summed E-state index contributed by atoms with van der Waals surface area (Å²) in [4.78, 5) is 14.1. The Kier molecular flexibility index (Phi) is 4.90. The van der Waals surface area contributed by atoms with E-state index in [1.165, 1.54) is 32.1 Å². The standard InChI is InChI=1S/C15H28N2O/c1-12-5-7-14(8-6-12)10-16-15(18)17-9-3-4-13(2)11-17/h12-14H,3-11H2,1-2H3,(H,16,18). The van der Waals surface area contributed by atoms with Gasteiger partial charge in [-0.25, -0.2) is 4.79 Å². The smallest absolute Gasteiger partial charge is 0.317 e. The highest BCUT2D eigenvalue weighted by atomic mass is 16.2. The van der Waals surface area contributed by atoms with Gasteiger partial charge in [-0.3, -0.25) is 0 Å². The second kappa shape index (κ2) is 6.44. The van der Waals surface area contributed by atoms with Crippen molar-refractivity contribution in [3.05, 3.63) is 0 Å². The third-order valence-electron chi connectivity index (χ3n) is 4.62. The van der Waals surface area contributed by atoms with Crippen LogP contribution >= 0.6 is 0 Å². The van der Waals surface area contributed by atoms with Crippen molar-refractivity contribution in [1.29, 1.82) is 0 Å². The van der Waals surface area contributed by atoms with E-state index in [1.54, 1.807) is 0 Å². The molecule has 0 radical (unpaired) electrons. The number of piperidine rings is 1. The van der Waals surface area contributed by atoms with E-state index in [2.05, 4.69) is 19.2 Å². The van der Waals surface area contributed by atoms with Gasteiger partial charge in [0.05, 0.1) is 0 Å². The second-order valence-electron chi connectivity index (χ2n) is 6.51. The van der Waals surface area contributed by atoms with Crippen molar-refractivity contribution >= 4 is 6.03 Å². The maximum Gasteiger partial charge on any atom is 0.317 e. The maximum atomic E-state index is 12.1. The maximum absolute atomic E-state index is 12.1. The summed E-state index contributed by atoms with van der Waals surface area (Å²) in [7, 11) is 0. The topological polar surface area (TPSA) is 32.3 Å². The molecule has 1 aliphatic heterocycles. The van der Waals surface area contributed by atoms with Gasteiger partial charge >= 0.3 is 6.03 Å². The van der Waals surface area contributed by atoms with Gasteiger partial charge in [-0.15, -0.1) is 0 Å². The average Bonchev–Trinajstić information content (AvgIpc) is 2.38. The van der Waals surface area contributed by atoms with Crippen LogP contribution in [0.3, 0.4) is 0 Å². The summed E-state index contributed by atoms with van der Waals surface area (Å²) in [6, 6.07) is 0.167. The number of rotatable bonds is 2. The Labute approximate surface area is 111 Å². The highest BCUT2D eigenvalue weighted by Gasteiger charge is 2.22. The van der Waals surface area contributed by atoms with Gasteiger partial charge in [0.1, 0.15) is 0 Å². The summed E-state index contributed by atoms with van der Waals surface area (Å²) in [5, 5.41) is 3.14. The molecule has 1 N–H and O–H groups in total. The highest BCUT2D eigenvalue weighted by molar-refractivity contribution is 5.74. The van der Waals surface area contributed by atoms with Crippen LogP contribution in [0.4, 0.5) is 4.79 Å². The Bertz CT molecular complexity index is 272. The van der Waals surface area contributed by atoms with Crippen LogP contribution in [-0.2, 0) is 0 Å². The molecule has 104 valence electrons. The van der Waals surface area contributed by atoms with Gasteiger partial charge in [0.15, 0.2) is 0 Å². The summed E-state index contributed by atoms with van der Waals surface area (Å²) < 4.78 is 0. The first-order valence-electron chi connectivity index (χ1n) is 7.68. The van der Waals surface area contributed by atoms with Crippen molar-refractivity contribution in [1.82, 2.24) is 10.2 Å². The molecule has 1 aliphatic carbocycles. The van der Waals surface area contributed by atoms with Gasteiger partial charge in [0.25, 0.3) is 0 Å². The minimum Gasteiger partial charge on any atom is -0.338 e. The van der Waals surface area contributed by atoms with Gasteiger partial charge in [-0.05, 0) is 43.4 Å². The largest absolute Gasteiger partial charge is 0.338 e. The van der Waals surface area contributed by atoms with E-state index in [0.717, 1.165) is 32.0 Å². The van der Waals surface area contributed by atoms with Gasteiger partial charge in [0, 0.05) is 19.6 Å². The molecule has 0 spiro atoms. The van der Waals surface area contributed by atoms with Crippen LogP contribution in [0, 0.1) is 17.8 Å². The van der Waals surface area contributed by atoms with Crippen LogP contribution in [0.1, 0.15) is 52.4 Å². The minimum atomic E-state index is 0.167. The summed E-state index contributed by atoms with van der Waals surface area (Å²) in [5.74, 6) is 2.27. The average molecular weight is 252 g/mol. The van der Waals surface area contributed by atoms with Crippen LogP contribution in [-0.4, -0.2) is 30.6 Å². The third-order valence-corrected chi connectivity index (χ3v) is 4.62. The predicted molar refractivity (Wildman–Crippen MR) is 74.5 cm³/mol. The van der Waals surface area contributed by atoms with Gasteiger partial charge in [0.2, 0.25) is 0 Å². The number of carbonyl (C=O) groups is 1. The molecule has 1 atom stereocenters. The monoisotopic (exact) mass is 252 g/mol. The van der Waals surface area contributed by atoms with Gasteiger partial charge < -0.3 is 10.2 Å². The van der Waals surface area contributed by atoms with Crippen molar-refractivity contribution in [2.24, 2.45) is 17.8 Å². The zero-order valence-corrected chi connectivity index (χ0v) is 12.0. The molecule has 1 unspecified atom stereocenters. The van der Waals surface area contributed by atoms with E-state index >= 15 is 0 Å². The van der Waals surface area contributed by atoms with Crippen molar-refractivity contribution in [2.45, 2.75) is 52.4 Å². The van der Waals surface area contributed by atoms with Crippen LogP contribution in [0.5, 0.6) is 0 Å². The molecule has 1 saturated carbocycles. The van der Waals surface area contributed by atoms with Gasteiger partial charge in [-0.1, -0.05) is 26.7 Å². The summed E-state index contributed by atoms with van der Waals surface area (Å²) in [5.41, 5.74) is 0. The minimum absolute atomic E-state index is 0.167. The third kappa shape index (κ3) is 3.89. The molecule has 0 aromatic rings. The van der Waals surface area contributed by atoms with Crippen LogP contribution in [0.2, 0.25) is 0 Å². The van der Waals surface area contributed by atoms with Crippen molar-refractivity contribution in [3.63, 3.8) is 0 Å². The first-order valence-corrected chi connectivity index (χ1v) is 7.68. The molecule has 1 saturated heterocycles. The number of nitrogens with zero attached hydrogens (tertiary/aromatic N) is 1. The molecule has 1 heterocycles. The van der Waals surface area contributed by atoms with E-state index in [9.17, 15) is 4.79 Å². The van der Waals surface area contributed by atoms with E-state index < -0.39 is 0 Å². The Morgan fingerprint density at radius 1 is 1.11 bits per heavy atom. The van der Waals surface area contributed by atoms with E-state index in [1.807, 2.05) is 4.90 Å². The molecular weight excluding hydrogens is 224 g/mol. The van der Waals surface area contributed by atoms with Crippen LogP contribution in [0.15, 0.2) is 0 Å². The number of nitrogens with one attached hydrogen (secondary N) is 1. The first-order chi connectivity index (χ1) is 8.65. The van der Waals surface area contributed by atoms with Crippen LogP contribution in [0.25, 0.3) is 0 Å². The number of carbonyl (C=O) groups excluding carboxylic acids is 1. The number of amides is 2. The number of hydrogen-bond donors (Lipinski definition) is 1. The molecule has 3 heteroatoms. The highest BCUT2D eigenvalue weighted by Crippen LogP contribution is 2.27. The SMILES string of the molecule is CC1CCC(CNC(=O)N2CCCC(C)C2)CC1. The van der Waals surface area contributed by atoms with Crippen molar-refractivity contribution < 1.29 is 4.79 Å². The lowest BCUT2D eigenvalue weighted by Gasteiger charge is -2.32. The van der Waals surface area contributed by atoms with E-state index in [4.69, 9.17) is 0 Å². The summed E-state index contributed by atoms with van der Waals surface area (Å²) >= 11 is 0. The van der Waals surface area contributed by atoms with E-state index in [-0.39, 0.29) is 6.03 Å². The molecule has 3 nitrogen and oxygen atoms in total. The van der Waals surface area contributed by atoms with Crippen molar-refractivity contribution in [3.8, 4) is 0 Å². The Balaban J connectivity index is 1.68. The van der Waals surface area contributed by atoms with Gasteiger partial charge in [-0.2, -0.15) is 0 Å².